The molecule has 0 radical (unpaired) electrons. The lowest BCUT2D eigenvalue weighted by Gasteiger charge is -2.34. The van der Waals surface area contributed by atoms with Crippen molar-refractivity contribution in [3.05, 3.63) is 65.1 Å². The van der Waals surface area contributed by atoms with Crippen LogP contribution >= 0.6 is 11.6 Å². The highest BCUT2D eigenvalue weighted by Gasteiger charge is 2.32. The Hall–Kier alpha value is -3.50. The van der Waals surface area contributed by atoms with E-state index in [0.29, 0.717) is 43.5 Å². The molecule has 3 aliphatic rings. The summed E-state index contributed by atoms with van der Waals surface area (Å²) < 4.78 is 35.0. The van der Waals surface area contributed by atoms with Crippen LogP contribution in [0.5, 0.6) is 6.01 Å². The molecule has 2 fully saturated rings. The van der Waals surface area contributed by atoms with Crippen LogP contribution in [0.15, 0.2) is 48.8 Å². The average Bonchev–Trinajstić information content (AvgIpc) is 3.29. The minimum Gasteiger partial charge on any atom is -0.462 e. The fraction of sp³-hybridized carbons (Fsp3) is 0.452. The molecule has 0 spiro atoms. The minimum absolute atomic E-state index is 0.0272. The Labute approximate surface area is 249 Å². The van der Waals surface area contributed by atoms with E-state index in [1.54, 1.807) is 0 Å². The number of nitrogens with zero attached hydrogens (tertiary/aromatic N) is 6. The van der Waals surface area contributed by atoms with E-state index in [0.717, 1.165) is 47.1 Å². The van der Waals surface area contributed by atoms with Crippen molar-refractivity contribution in [3.63, 3.8) is 0 Å². The van der Waals surface area contributed by atoms with Crippen molar-refractivity contribution in [3.8, 4) is 6.01 Å². The Morgan fingerprint density at radius 1 is 1.10 bits per heavy atom. The van der Waals surface area contributed by atoms with Gasteiger partial charge in [0.25, 0.3) is 5.91 Å². The molecule has 4 heterocycles. The van der Waals surface area contributed by atoms with Gasteiger partial charge in [-0.05, 0) is 50.4 Å². The summed E-state index contributed by atoms with van der Waals surface area (Å²) >= 11 is 6.66. The lowest BCUT2D eigenvalue weighted by molar-refractivity contribution is -0.129. The zero-order valence-corrected chi connectivity index (χ0v) is 24.5. The summed E-state index contributed by atoms with van der Waals surface area (Å²) in [6.07, 6.45) is 1.42. The van der Waals surface area contributed by atoms with Crippen molar-refractivity contribution < 1.29 is 18.3 Å². The second kappa shape index (κ2) is 12.0. The molecule has 222 valence electrons. The van der Waals surface area contributed by atoms with Gasteiger partial charge in [0.05, 0.1) is 30.4 Å². The highest BCUT2D eigenvalue weighted by atomic mass is 35.5. The molecule has 0 aliphatic carbocycles. The van der Waals surface area contributed by atoms with Crippen molar-refractivity contribution in [2.45, 2.75) is 38.0 Å². The molecule has 0 bridgehead atoms. The van der Waals surface area contributed by atoms with Gasteiger partial charge in [-0.1, -0.05) is 42.4 Å². The Morgan fingerprint density at radius 2 is 1.90 bits per heavy atom. The number of likely N-dealkylation sites (N-methyl/N-ethyl adjacent to an activating group) is 1. The number of benzene rings is 2. The third kappa shape index (κ3) is 5.74. The number of rotatable bonds is 6. The third-order valence-corrected chi connectivity index (χ3v) is 8.88. The molecule has 0 saturated carbocycles. The molecule has 6 rings (SSSR count). The summed E-state index contributed by atoms with van der Waals surface area (Å²) in [6.45, 7) is 6.08. The van der Waals surface area contributed by atoms with E-state index in [4.69, 9.17) is 26.3 Å². The zero-order chi connectivity index (χ0) is 29.4. The van der Waals surface area contributed by atoms with Gasteiger partial charge in [0.2, 0.25) is 0 Å². The van der Waals surface area contributed by atoms with Gasteiger partial charge in [0, 0.05) is 42.3 Å². The molecule has 3 aliphatic heterocycles. The van der Waals surface area contributed by atoms with E-state index in [2.05, 4.69) is 29.5 Å². The van der Waals surface area contributed by atoms with E-state index in [1.807, 2.05) is 35.2 Å². The smallest absolute Gasteiger partial charge is 0.318 e. The van der Waals surface area contributed by atoms with Crippen LogP contribution in [0.2, 0.25) is 5.02 Å². The monoisotopic (exact) mass is 596 g/mol. The number of amides is 1. The number of hydrogen-bond donors (Lipinski definition) is 0. The van der Waals surface area contributed by atoms with E-state index < -0.39 is 17.9 Å². The molecule has 2 aromatic carbocycles. The minimum atomic E-state index is -1.38. The standard InChI is InChI=1S/C31H35ClF2N6O2/c1-20(33)30(41)40-15-14-39(16-22(34)17-40)29-24-11-13-38(27-10-4-7-21-6-3-9-25(32)28(21)27)18-26(24)35-31(36-29)42-19-23-8-5-12-37(23)2/h3-4,6-7,9-10,22-23H,1,5,8,11-19H2,2H3/t22?,23-/m0/s1. The Kier molecular flexibility index (Phi) is 8.18. The molecule has 42 heavy (non-hydrogen) atoms. The Bertz CT molecular complexity index is 1500. The first-order chi connectivity index (χ1) is 20.3. The normalized spacial score (nSPS) is 21.4. The van der Waals surface area contributed by atoms with Crippen LogP contribution in [0.25, 0.3) is 10.8 Å². The van der Waals surface area contributed by atoms with Crippen LogP contribution in [0.4, 0.5) is 20.3 Å². The molecular weight excluding hydrogens is 562 g/mol. The van der Waals surface area contributed by atoms with Crippen molar-refractivity contribution in [1.82, 2.24) is 19.8 Å². The molecule has 11 heteroatoms. The number of fused-ring (bicyclic) bond motifs is 2. The number of aromatic nitrogens is 2. The van der Waals surface area contributed by atoms with E-state index in [9.17, 15) is 9.18 Å². The number of ether oxygens (including phenoxy) is 1. The van der Waals surface area contributed by atoms with Crippen LogP contribution in [0, 0.1) is 0 Å². The van der Waals surface area contributed by atoms with Crippen LogP contribution in [0.1, 0.15) is 24.1 Å². The highest BCUT2D eigenvalue weighted by Crippen LogP contribution is 2.37. The van der Waals surface area contributed by atoms with Gasteiger partial charge in [0.15, 0.2) is 5.83 Å². The maximum atomic E-state index is 15.2. The maximum absolute atomic E-state index is 15.2. The largest absolute Gasteiger partial charge is 0.462 e. The lowest BCUT2D eigenvalue weighted by Crippen LogP contribution is -2.37. The number of anilines is 2. The van der Waals surface area contributed by atoms with Gasteiger partial charge in [-0.3, -0.25) is 4.79 Å². The van der Waals surface area contributed by atoms with Crippen molar-refractivity contribution in [2.24, 2.45) is 0 Å². The van der Waals surface area contributed by atoms with Crippen LogP contribution in [-0.4, -0.2) is 90.8 Å². The molecular formula is C31H35ClF2N6O2. The molecule has 2 atom stereocenters. The second-order valence-corrected chi connectivity index (χ2v) is 11.7. The molecule has 0 N–H and O–H groups in total. The van der Waals surface area contributed by atoms with Crippen LogP contribution in [0.3, 0.4) is 0 Å². The first-order valence-electron chi connectivity index (χ1n) is 14.5. The number of likely N-dealkylation sites (tertiary alicyclic amines) is 1. The quantitative estimate of drug-likeness (QED) is 0.379. The number of hydrogen-bond acceptors (Lipinski definition) is 7. The van der Waals surface area contributed by atoms with Crippen LogP contribution in [-0.2, 0) is 17.8 Å². The summed E-state index contributed by atoms with van der Waals surface area (Å²) in [7, 11) is 2.09. The van der Waals surface area contributed by atoms with Crippen LogP contribution < -0.4 is 14.5 Å². The summed E-state index contributed by atoms with van der Waals surface area (Å²) in [4.78, 5) is 29.5. The van der Waals surface area contributed by atoms with E-state index >= 15 is 4.39 Å². The Morgan fingerprint density at radius 3 is 2.67 bits per heavy atom. The SMILES string of the molecule is C=C(F)C(=O)N1CCN(c2nc(OC[C@@H]3CCCN3C)nc3c2CCN(c2cccc4cccc(Cl)c24)C3)CC(F)C1. The van der Waals surface area contributed by atoms with Crippen molar-refractivity contribution in [2.75, 3.05) is 62.7 Å². The van der Waals surface area contributed by atoms with Gasteiger partial charge in [-0.25, -0.2) is 8.78 Å². The summed E-state index contributed by atoms with van der Waals surface area (Å²) in [6, 6.07) is 12.6. The van der Waals surface area contributed by atoms with E-state index in [-0.39, 0.29) is 31.7 Å². The highest BCUT2D eigenvalue weighted by molar-refractivity contribution is 6.36. The first kappa shape index (κ1) is 28.6. The topological polar surface area (TPSA) is 65.0 Å². The number of alkyl halides is 1. The molecule has 1 unspecified atom stereocenters. The fourth-order valence-electron chi connectivity index (χ4n) is 6.33. The second-order valence-electron chi connectivity index (χ2n) is 11.3. The molecule has 2 saturated heterocycles. The Balaban J connectivity index is 1.33. The number of carbonyl (C=O) groups is 1. The maximum Gasteiger partial charge on any atom is 0.318 e. The number of halogens is 3. The molecule has 3 aromatic rings. The summed E-state index contributed by atoms with van der Waals surface area (Å²) in [5.41, 5.74) is 2.78. The van der Waals surface area contributed by atoms with Gasteiger partial charge in [-0.15, -0.1) is 0 Å². The van der Waals surface area contributed by atoms with Crippen molar-refractivity contribution >= 4 is 39.8 Å². The number of carbonyl (C=O) groups excluding carboxylic acids is 1. The predicted molar refractivity (Wildman–Crippen MR) is 161 cm³/mol. The van der Waals surface area contributed by atoms with Gasteiger partial charge in [0.1, 0.15) is 18.6 Å². The zero-order valence-electron chi connectivity index (χ0n) is 23.7. The molecule has 1 amide bonds. The lowest BCUT2D eigenvalue weighted by atomic mass is 10.0. The predicted octanol–water partition coefficient (Wildman–Crippen LogP) is 4.79. The first-order valence-corrected chi connectivity index (χ1v) is 14.8. The molecule has 1 aromatic heterocycles. The molecule has 8 nitrogen and oxygen atoms in total. The summed E-state index contributed by atoms with van der Waals surface area (Å²) in [5, 5.41) is 2.75. The fourth-order valence-corrected chi connectivity index (χ4v) is 6.61. The summed E-state index contributed by atoms with van der Waals surface area (Å²) in [5.74, 6) is -1.35. The third-order valence-electron chi connectivity index (χ3n) is 8.57. The van der Waals surface area contributed by atoms with Gasteiger partial charge >= 0.3 is 6.01 Å². The van der Waals surface area contributed by atoms with E-state index in [1.165, 1.54) is 4.90 Å². The van der Waals surface area contributed by atoms with Gasteiger partial charge < -0.3 is 24.3 Å². The average molecular weight is 597 g/mol. The van der Waals surface area contributed by atoms with Gasteiger partial charge in [-0.2, -0.15) is 9.97 Å². The van der Waals surface area contributed by atoms with Crippen molar-refractivity contribution in [1.29, 1.82) is 0 Å².